The van der Waals surface area contributed by atoms with Crippen LogP contribution in [0.5, 0.6) is 0 Å². The lowest BCUT2D eigenvalue weighted by molar-refractivity contribution is 0.108. The highest BCUT2D eigenvalue weighted by Gasteiger charge is 2.15. The number of thioether (sulfide) groups is 1. The molecule has 0 spiro atoms. The zero-order valence-corrected chi connectivity index (χ0v) is 11.0. The zero-order chi connectivity index (χ0) is 11.2. The van der Waals surface area contributed by atoms with Gasteiger partial charge in [-0.2, -0.15) is 0 Å². The van der Waals surface area contributed by atoms with E-state index in [2.05, 4.69) is 0 Å². The van der Waals surface area contributed by atoms with Gasteiger partial charge in [0.1, 0.15) is 0 Å². The molecule has 0 unspecified atom stereocenters. The van der Waals surface area contributed by atoms with Crippen molar-refractivity contribution in [2.75, 3.05) is 5.75 Å². The molecule has 2 rings (SSSR count). The van der Waals surface area contributed by atoms with Crippen LogP contribution in [-0.2, 0) is 0 Å². The number of hydrogen-bond donors (Lipinski definition) is 1. The summed E-state index contributed by atoms with van der Waals surface area (Å²) in [6.07, 6.45) is 6.72. The van der Waals surface area contributed by atoms with Gasteiger partial charge in [-0.3, -0.25) is 4.79 Å². The van der Waals surface area contributed by atoms with E-state index >= 15 is 0 Å². The van der Waals surface area contributed by atoms with Gasteiger partial charge in [0, 0.05) is 11.3 Å². The Morgan fingerprint density at radius 1 is 1.12 bits per heavy atom. The Kier molecular flexibility index (Phi) is 6.30. The third kappa shape index (κ3) is 4.52. The fourth-order valence-corrected chi connectivity index (χ4v) is 3.23. The van der Waals surface area contributed by atoms with Gasteiger partial charge in [-0.1, -0.05) is 61.4 Å². The number of rotatable bonds is 3. The van der Waals surface area contributed by atoms with Crippen molar-refractivity contribution in [2.45, 2.75) is 32.1 Å². The average molecular weight is 251 g/mol. The van der Waals surface area contributed by atoms with Gasteiger partial charge in [-0.05, 0) is 18.8 Å². The summed E-state index contributed by atoms with van der Waals surface area (Å²) >= 11 is 1.50. The molecule has 17 heavy (non-hydrogen) atoms. The minimum absolute atomic E-state index is 0. The van der Waals surface area contributed by atoms with E-state index in [0.29, 0.717) is 0 Å². The molecule has 1 aliphatic carbocycles. The van der Waals surface area contributed by atoms with E-state index in [9.17, 15) is 4.79 Å². The van der Waals surface area contributed by atoms with Crippen LogP contribution in [0, 0.1) is 5.92 Å². The van der Waals surface area contributed by atoms with Gasteiger partial charge in [0.2, 0.25) is 5.12 Å². The quantitative estimate of drug-likeness (QED) is 0.871. The summed E-state index contributed by atoms with van der Waals surface area (Å²) in [7, 11) is 0. The molecule has 0 bridgehead atoms. The molecule has 94 valence electrons. The second-order valence-corrected chi connectivity index (χ2v) is 5.46. The summed E-state index contributed by atoms with van der Waals surface area (Å²) in [5.41, 5.74) is 0.836. The Morgan fingerprint density at radius 3 is 2.41 bits per heavy atom. The normalized spacial score (nSPS) is 16.2. The van der Waals surface area contributed by atoms with Crippen LogP contribution in [0.4, 0.5) is 0 Å². The molecule has 3 N–H and O–H groups in total. The molecule has 2 nitrogen and oxygen atoms in total. The lowest BCUT2D eigenvalue weighted by Gasteiger charge is -2.20. The Morgan fingerprint density at radius 2 is 1.76 bits per heavy atom. The van der Waals surface area contributed by atoms with E-state index in [4.69, 9.17) is 0 Å². The summed E-state index contributed by atoms with van der Waals surface area (Å²) in [6.45, 7) is 0. The zero-order valence-electron chi connectivity index (χ0n) is 10.2. The van der Waals surface area contributed by atoms with Crippen LogP contribution in [0.2, 0.25) is 0 Å². The first-order chi connectivity index (χ1) is 7.86. The minimum Gasteiger partial charge on any atom is -0.344 e. The molecule has 0 atom stereocenters. The fraction of sp³-hybridized carbons (Fsp3) is 0.500. The maximum atomic E-state index is 11.9. The summed E-state index contributed by atoms with van der Waals surface area (Å²) < 4.78 is 0. The van der Waals surface area contributed by atoms with Gasteiger partial charge in [-0.25, -0.2) is 0 Å². The smallest absolute Gasteiger partial charge is 0.219 e. The molecule has 0 heterocycles. The predicted molar refractivity (Wildman–Crippen MR) is 74.8 cm³/mol. The highest BCUT2D eigenvalue weighted by atomic mass is 32.2. The lowest BCUT2D eigenvalue weighted by atomic mass is 9.91. The van der Waals surface area contributed by atoms with Crippen molar-refractivity contribution in [3.8, 4) is 0 Å². The van der Waals surface area contributed by atoms with Gasteiger partial charge < -0.3 is 6.15 Å². The first kappa shape index (κ1) is 14.3. The molecule has 0 saturated heterocycles. The molecular weight excluding hydrogens is 230 g/mol. The van der Waals surface area contributed by atoms with Crippen LogP contribution >= 0.6 is 11.8 Å². The maximum Gasteiger partial charge on any atom is 0.219 e. The number of carbonyl (C=O) groups is 1. The van der Waals surface area contributed by atoms with Gasteiger partial charge in [-0.15, -0.1) is 0 Å². The van der Waals surface area contributed by atoms with Crippen molar-refractivity contribution < 1.29 is 4.79 Å². The highest BCUT2D eigenvalue weighted by Crippen LogP contribution is 2.27. The van der Waals surface area contributed by atoms with Crippen molar-refractivity contribution in [3.63, 3.8) is 0 Å². The van der Waals surface area contributed by atoms with Gasteiger partial charge >= 0.3 is 0 Å². The van der Waals surface area contributed by atoms with Crippen LogP contribution < -0.4 is 6.15 Å². The van der Waals surface area contributed by atoms with Crippen molar-refractivity contribution in [1.29, 1.82) is 0 Å². The number of benzene rings is 1. The van der Waals surface area contributed by atoms with E-state index in [1.165, 1.54) is 43.9 Å². The van der Waals surface area contributed by atoms with E-state index in [0.717, 1.165) is 17.2 Å². The standard InChI is InChI=1S/C14H18OS.H3N/c15-14(13-9-5-2-6-10-13)16-11-12-7-3-1-4-8-12;/h2,5-6,9-10,12H,1,3-4,7-8,11H2;1H3. The molecule has 0 aromatic heterocycles. The highest BCUT2D eigenvalue weighted by molar-refractivity contribution is 8.14. The largest absolute Gasteiger partial charge is 0.344 e. The SMILES string of the molecule is N.O=C(SCC1CCCCC1)c1ccccc1. The molecule has 0 aliphatic heterocycles. The monoisotopic (exact) mass is 251 g/mol. The second kappa shape index (κ2) is 7.51. The van der Waals surface area contributed by atoms with Crippen LogP contribution in [-0.4, -0.2) is 10.9 Å². The third-order valence-electron chi connectivity index (χ3n) is 3.18. The topological polar surface area (TPSA) is 52.1 Å². The van der Waals surface area contributed by atoms with Gasteiger partial charge in [0.15, 0.2) is 0 Å². The molecular formula is C14H21NOS. The minimum atomic E-state index is 0. The van der Waals surface area contributed by atoms with Crippen molar-refractivity contribution >= 4 is 16.9 Å². The molecule has 1 saturated carbocycles. The first-order valence-electron chi connectivity index (χ1n) is 6.08. The summed E-state index contributed by atoms with van der Waals surface area (Å²) in [6, 6.07) is 9.60. The maximum absolute atomic E-state index is 11.9. The van der Waals surface area contributed by atoms with E-state index in [1.807, 2.05) is 30.3 Å². The molecule has 1 aliphatic rings. The Bertz CT molecular complexity index is 333. The van der Waals surface area contributed by atoms with Crippen LogP contribution in [0.3, 0.4) is 0 Å². The van der Waals surface area contributed by atoms with E-state index < -0.39 is 0 Å². The second-order valence-electron chi connectivity index (χ2n) is 4.47. The van der Waals surface area contributed by atoms with Crippen LogP contribution in [0.1, 0.15) is 42.5 Å². The first-order valence-corrected chi connectivity index (χ1v) is 7.07. The van der Waals surface area contributed by atoms with Crippen molar-refractivity contribution in [2.24, 2.45) is 5.92 Å². The molecule has 0 radical (unpaired) electrons. The van der Waals surface area contributed by atoms with Crippen LogP contribution in [0.15, 0.2) is 30.3 Å². The molecule has 3 heteroatoms. The lowest BCUT2D eigenvalue weighted by Crippen LogP contribution is -2.10. The average Bonchev–Trinajstić information content (AvgIpc) is 2.38. The molecule has 1 aromatic carbocycles. The summed E-state index contributed by atoms with van der Waals surface area (Å²) in [4.78, 5) is 11.9. The molecule has 1 aromatic rings. The fourth-order valence-electron chi connectivity index (χ4n) is 2.20. The Labute approximate surface area is 108 Å². The number of carbonyl (C=O) groups excluding carboxylic acids is 1. The molecule has 0 amide bonds. The third-order valence-corrected chi connectivity index (χ3v) is 4.32. The predicted octanol–water partition coefficient (Wildman–Crippen LogP) is 4.30. The van der Waals surface area contributed by atoms with Gasteiger partial charge in [0.25, 0.3) is 0 Å². The van der Waals surface area contributed by atoms with Gasteiger partial charge in [0.05, 0.1) is 0 Å². The summed E-state index contributed by atoms with van der Waals surface area (Å²) in [5, 5.41) is 0.228. The Hall–Kier alpha value is -0.800. The van der Waals surface area contributed by atoms with E-state index in [-0.39, 0.29) is 11.3 Å². The summed E-state index contributed by atoms with van der Waals surface area (Å²) in [5.74, 6) is 1.78. The van der Waals surface area contributed by atoms with E-state index in [1.54, 1.807) is 0 Å². The number of hydrogen-bond acceptors (Lipinski definition) is 3. The van der Waals surface area contributed by atoms with Crippen molar-refractivity contribution in [3.05, 3.63) is 35.9 Å². The van der Waals surface area contributed by atoms with Crippen LogP contribution in [0.25, 0.3) is 0 Å². The molecule has 1 fully saturated rings. The van der Waals surface area contributed by atoms with Crippen molar-refractivity contribution in [1.82, 2.24) is 6.15 Å². The Balaban J connectivity index is 0.00000144.